The largest absolute Gasteiger partial charge is 0.497 e. The van der Waals surface area contributed by atoms with Crippen molar-refractivity contribution in [3.05, 3.63) is 89.0 Å². The van der Waals surface area contributed by atoms with E-state index in [0.717, 1.165) is 5.56 Å². The molecule has 0 saturated heterocycles. The summed E-state index contributed by atoms with van der Waals surface area (Å²) in [5.41, 5.74) is 2.88. The monoisotopic (exact) mass is 487 g/mol. The second-order valence-electron chi connectivity index (χ2n) is 8.09. The molecule has 9 heteroatoms. The molecule has 1 atom stereocenters. The summed E-state index contributed by atoms with van der Waals surface area (Å²) in [5, 5.41) is 8.43. The van der Waals surface area contributed by atoms with Gasteiger partial charge in [0, 0.05) is 30.7 Å². The molecule has 1 heterocycles. The Balaban J connectivity index is 1.64. The molecule has 0 spiro atoms. The Kier molecular flexibility index (Phi) is 7.00. The topological polar surface area (TPSA) is 107 Å². The zero-order valence-electron chi connectivity index (χ0n) is 20.3. The van der Waals surface area contributed by atoms with Crippen molar-refractivity contribution in [3.8, 4) is 11.5 Å². The van der Waals surface area contributed by atoms with Gasteiger partial charge in [0.25, 0.3) is 5.91 Å². The summed E-state index contributed by atoms with van der Waals surface area (Å²) in [4.78, 5) is 36.8. The predicted octanol–water partition coefficient (Wildman–Crippen LogP) is 4.42. The smallest absolute Gasteiger partial charge is 0.308 e. The number of benzene rings is 3. The number of anilines is 1. The van der Waals surface area contributed by atoms with Crippen LogP contribution in [0.3, 0.4) is 0 Å². The van der Waals surface area contributed by atoms with E-state index in [1.807, 2.05) is 19.1 Å². The van der Waals surface area contributed by atoms with E-state index in [9.17, 15) is 14.4 Å². The Bertz CT molecular complexity index is 1370. The second-order valence-corrected chi connectivity index (χ2v) is 8.09. The van der Waals surface area contributed by atoms with Crippen LogP contribution in [0.15, 0.2) is 71.8 Å². The minimum Gasteiger partial charge on any atom is -0.497 e. The summed E-state index contributed by atoms with van der Waals surface area (Å²) in [5.74, 6) is -0.338. The molecular weight excluding hydrogens is 462 g/mol. The second kappa shape index (κ2) is 10.3. The van der Waals surface area contributed by atoms with Gasteiger partial charge in [-0.1, -0.05) is 30.3 Å². The molecule has 1 aliphatic heterocycles. The fourth-order valence-electron chi connectivity index (χ4n) is 3.73. The summed E-state index contributed by atoms with van der Waals surface area (Å²) < 4.78 is 16.7. The van der Waals surface area contributed by atoms with Crippen LogP contribution in [0.1, 0.15) is 47.1 Å². The highest BCUT2D eigenvalue weighted by Crippen LogP contribution is 2.35. The van der Waals surface area contributed by atoms with Crippen LogP contribution >= 0.6 is 0 Å². The molecule has 0 saturated carbocycles. The maximum absolute atomic E-state index is 12.8. The molecule has 184 valence electrons. The molecule has 0 aliphatic carbocycles. The third-order valence-corrected chi connectivity index (χ3v) is 5.46. The van der Waals surface area contributed by atoms with Crippen molar-refractivity contribution in [2.24, 2.45) is 5.10 Å². The standard InChI is InChI=1S/C27H25N3O6/c1-16-8-5-6-11-22(16)25(33)28-20-10-7-9-19(14-20)27-30(17(2)31)29-26(36-27)23-15-21(34-4)12-13-24(23)35-18(3)32/h5-15,27H,1-4H3,(H,28,33)/t27-/m0/s1. The fraction of sp³-hybridized carbons (Fsp3) is 0.185. The minimum atomic E-state index is -0.899. The van der Waals surface area contributed by atoms with E-state index in [1.54, 1.807) is 54.6 Å². The molecule has 2 amide bonds. The lowest BCUT2D eigenvalue weighted by Crippen LogP contribution is -2.25. The lowest BCUT2D eigenvalue weighted by molar-refractivity contribution is -0.135. The third kappa shape index (κ3) is 5.20. The SMILES string of the molecule is COc1ccc(OC(C)=O)c(C2=NN(C(C)=O)[C@H](c3cccc(NC(=O)c4ccccc4C)c3)O2)c1. The van der Waals surface area contributed by atoms with E-state index >= 15 is 0 Å². The van der Waals surface area contributed by atoms with Crippen molar-refractivity contribution in [2.75, 3.05) is 12.4 Å². The van der Waals surface area contributed by atoms with E-state index in [1.165, 1.54) is 26.0 Å². The van der Waals surface area contributed by atoms with Gasteiger partial charge in [0.15, 0.2) is 0 Å². The number of nitrogens with zero attached hydrogens (tertiary/aromatic N) is 2. The molecule has 0 bridgehead atoms. The van der Waals surface area contributed by atoms with Crippen molar-refractivity contribution < 1.29 is 28.6 Å². The zero-order valence-corrected chi connectivity index (χ0v) is 20.3. The molecule has 3 aromatic rings. The molecular formula is C27H25N3O6. The Labute approximate surface area is 208 Å². The molecule has 9 nitrogen and oxygen atoms in total. The van der Waals surface area contributed by atoms with Crippen LogP contribution in [0.4, 0.5) is 5.69 Å². The Morgan fingerprint density at radius 2 is 1.78 bits per heavy atom. The summed E-state index contributed by atoms with van der Waals surface area (Å²) >= 11 is 0. The van der Waals surface area contributed by atoms with Crippen molar-refractivity contribution >= 4 is 29.4 Å². The number of hydrogen-bond donors (Lipinski definition) is 1. The highest BCUT2D eigenvalue weighted by molar-refractivity contribution is 6.05. The first-order chi connectivity index (χ1) is 17.3. The van der Waals surface area contributed by atoms with Gasteiger partial charge in [-0.05, 0) is 48.9 Å². The number of esters is 1. The van der Waals surface area contributed by atoms with Crippen LogP contribution in [0, 0.1) is 6.92 Å². The number of hydrazone groups is 1. The highest BCUT2D eigenvalue weighted by Gasteiger charge is 2.34. The van der Waals surface area contributed by atoms with E-state index < -0.39 is 12.2 Å². The van der Waals surface area contributed by atoms with Gasteiger partial charge in [-0.2, -0.15) is 5.01 Å². The van der Waals surface area contributed by atoms with Crippen molar-refractivity contribution in [1.29, 1.82) is 0 Å². The number of methoxy groups -OCH3 is 1. The number of carbonyl (C=O) groups excluding carboxylic acids is 3. The van der Waals surface area contributed by atoms with Gasteiger partial charge in [-0.25, -0.2) is 0 Å². The zero-order chi connectivity index (χ0) is 25.8. The molecule has 36 heavy (non-hydrogen) atoms. The van der Waals surface area contributed by atoms with Gasteiger partial charge >= 0.3 is 5.97 Å². The number of aryl methyl sites for hydroxylation is 1. The third-order valence-electron chi connectivity index (χ3n) is 5.46. The molecule has 0 fully saturated rings. The van der Waals surface area contributed by atoms with Crippen molar-refractivity contribution in [2.45, 2.75) is 27.0 Å². The number of rotatable bonds is 6. The van der Waals surface area contributed by atoms with E-state index in [-0.39, 0.29) is 23.5 Å². The Hall–Kier alpha value is -4.66. The van der Waals surface area contributed by atoms with Gasteiger partial charge in [0.2, 0.25) is 18.0 Å². The number of ether oxygens (including phenoxy) is 3. The maximum Gasteiger partial charge on any atom is 0.308 e. The first-order valence-electron chi connectivity index (χ1n) is 11.2. The lowest BCUT2D eigenvalue weighted by atomic mass is 10.1. The van der Waals surface area contributed by atoms with Crippen LogP contribution in [0.5, 0.6) is 11.5 Å². The number of nitrogens with one attached hydrogen (secondary N) is 1. The summed E-state index contributed by atoms with van der Waals surface area (Å²) in [6.45, 7) is 4.52. The molecule has 1 N–H and O–H groups in total. The fourth-order valence-corrected chi connectivity index (χ4v) is 3.73. The lowest BCUT2D eigenvalue weighted by Gasteiger charge is -2.20. The van der Waals surface area contributed by atoms with Crippen LogP contribution in [0.2, 0.25) is 0 Å². The van der Waals surface area contributed by atoms with Crippen molar-refractivity contribution in [1.82, 2.24) is 5.01 Å². The van der Waals surface area contributed by atoms with Gasteiger partial charge in [0.1, 0.15) is 11.5 Å². The van der Waals surface area contributed by atoms with Gasteiger partial charge in [-0.3, -0.25) is 14.4 Å². The molecule has 4 rings (SSSR count). The van der Waals surface area contributed by atoms with E-state index in [4.69, 9.17) is 14.2 Å². The summed E-state index contributed by atoms with van der Waals surface area (Å²) in [7, 11) is 1.50. The molecule has 0 radical (unpaired) electrons. The van der Waals surface area contributed by atoms with Gasteiger partial charge < -0.3 is 19.5 Å². The first-order valence-corrected chi connectivity index (χ1v) is 11.2. The average Bonchev–Trinajstić information content (AvgIpc) is 3.30. The molecule has 0 aromatic heterocycles. The Morgan fingerprint density at radius 3 is 2.47 bits per heavy atom. The van der Waals surface area contributed by atoms with Crippen molar-refractivity contribution in [3.63, 3.8) is 0 Å². The molecule has 0 unspecified atom stereocenters. The Morgan fingerprint density at radius 1 is 1.00 bits per heavy atom. The van der Waals surface area contributed by atoms with Crippen LogP contribution in [-0.2, 0) is 14.3 Å². The van der Waals surface area contributed by atoms with Gasteiger partial charge in [-0.15, -0.1) is 5.10 Å². The minimum absolute atomic E-state index is 0.0831. The van der Waals surface area contributed by atoms with Crippen LogP contribution in [-0.4, -0.2) is 35.8 Å². The predicted molar refractivity (Wildman–Crippen MR) is 133 cm³/mol. The first kappa shape index (κ1) is 24.5. The summed E-state index contributed by atoms with van der Waals surface area (Å²) in [6.07, 6.45) is -0.899. The number of amides is 2. The van der Waals surface area contributed by atoms with Crippen LogP contribution in [0.25, 0.3) is 0 Å². The highest BCUT2D eigenvalue weighted by atomic mass is 16.5. The van der Waals surface area contributed by atoms with Gasteiger partial charge in [0.05, 0.1) is 12.7 Å². The summed E-state index contributed by atoms with van der Waals surface area (Å²) in [6, 6.07) is 19.1. The normalized spacial score (nSPS) is 14.5. The van der Waals surface area contributed by atoms with Crippen LogP contribution < -0.4 is 14.8 Å². The van der Waals surface area contributed by atoms with E-state index in [2.05, 4.69) is 10.4 Å². The number of carbonyl (C=O) groups is 3. The number of hydrogen-bond acceptors (Lipinski definition) is 7. The maximum atomic E-state index is 12.8. The molecule has 1 aliphatic rings. The average molecular weight is 488 g/mol. The van der Waals surface area contributed by atoms with E-state index in [0.29, 0.717) is 28.1 Å². The molecule has 3 aromatic carbocycles. The quantitative estimate of drug-likeness (QED) is 0.408.